The molecule has 0 N–H and O–H groups in total. The van der Waals surface area contributed by atoms with Gasteiger partial charge in [-0.15, -0.1) is 11.8 Å². The minimum Gasteiger partial charge on any atom is -0.339 e. The number of hydrogen-bond acceptors (Lipinski definition) is 5. The van der Waals surface area contributed by atoms with Crippen molar-refractivity contribution in [1.29, 1.82) is 0 Å². The highest BCUT2D eigenvalue weighted by Crippen LogP contribution is 2.22. The van der Waals surface area contributed by atoms with Gasteiger partial charge in [-0.25, -0.2) is 0 Å². The molecule has 0 saturated carbocycles. The van der Waals surface area contributed by atoms with Gasteiger partial charge in [-0.2, -0.15) is 4.98 Å². The van der Waals surface area contributed by atoms with Gasteiger partial charge in [0.25, 0.3) is 0 Å². The molecular formula is C13H14N2O2S. The average molecular weight is 262 g/mol. The van der Waals surface area contributed by atoms with Crippen molar-refractivity contribution in [2.75, 3.05) is 0 Å². The number of nitrogens with zero attached hydrogens (tertiary/aromatic N) is 2. The van der Waals surface area contributed by atoms with Crippen LogP contribution in [0, 0.1) is 0 Å². The molecule has 0 aliphatic rings. The molecule has 94 valence electrons. The van der Waals surface area contributed by atoms with Crippen LogP contribution >= 0.6 is 11.8 Å². The van der Waals surface area contributed by atoms with Gasteiger partial charge >= 0.3 is 0 Å². The third kappa shape index (κ3) is 3.20. The van der Waals surface area contributed by atoms with E-state index in [1.54, 1.807) is 18.7 Å². The molecule has 18 heavy (non-hydrogen) atoms. The van der Waals surface area contributed by atoms with E-state index < -0.39 is 0 Å². The SMILES string of the molecule is CCc1nc(CSc2cccc(C(C)=O)c2)no1. The first kappa shape index (κ1) is 12.8. The van der Waals surface area contributed by atoms with Gasteiger partial charge in [-0.1, -0.05) is 24.2 Å². The Labute approximate surface area is 110 Å². The number of aromatic nitrogens is 2. The lowest BCUT2D eigenvalue weighted by molar-refractivity contribution is 0.101. The first-order valence-corrected chi connectivity index (χ1v) is 6.73. The standard InChI is InChI=1S/C13H14N2O2S/c1-3-13-14-12(15-17-13)8-18-11-6-4-5-10(7-11)9(2)16/h4-7H,3,8H2,1-2H3. The fourth-order valence-corrected chi connectivity index (χ4v) is 2.24. The highest BCUT2D eigenvalue weighted by atomic mass is 32.2. The number of ketones is 1. The molecule has 5 heteroatoms. The molecule has 0 saturated heterocycles. The van der Waals surface area contributed by atoms with E-state index in [0.717, 1.165) is 16.9 Å². The average Bonchev–Trinajstić information content (AvgIpc) is 2.84. The fraction of sp³-hybridized carbons (Fsp3) is 0.308. The summed E-state index contributed by atoms with van der Waals surface area (Å²) in [6.45, 7) is 3.54. The molecule has 0 atom stereocenters. The van der Waals surface area contributed by atoms with Gasteiger partial charge in [0.1, 0.15) is 0 Å². The molecule has 0 aliphatic heterocycles. The topological polar surface area (TPSA) is 56.0 Å². The first-order valence-electron chi connectivity index (χ1n) is 5.74. The van der Waals surface area contributed by atoms with E-state index in [0.29, 0.717) is 17.5 Å². The molecule has 2 rings (SSSR count). The molecule has 1 heterocycles. The molecule has 0 aliphatic carbocycles. The number of benzene rings is 1. The highest BCUT2D eigenvalue weighted by Gasteiger charge is 2.06. The Morgan fingerprint density at radius 1 is 1.44 bits per heavy atom. The minimum absolute atomic E-state index is 0.0743. The summed E-state index contributed by atoms with van der Waals surface area (Å²) in [4.78, 5) is 16.5. The molecule has 0 bridgehead atoms. The van der Waals surface area contributed by atoms with Crippen LogP contribution in [0.25, 0.3) is 0 Å². The maximum Gasteiger partial charge on any atom is 0.226 e. The van der Waals surface area contributed by atoms with Crippen LogP contribution < -0.4 is 0 Å². The summed E-state index contributed by atoms with van der Waals surface area (Å²) in [5.74, 6) is 2.06. The van der Waals surface area contributed by atoms with Gasteiger partial charge in [0.05, 0.1) is 5.75 Å². The van der Waals surface area contributed by atoms with Crippen molar-refractivity contribution in [3.8, 4) is 0 Å². The highest BCUT2D eigenvalue weighted by molar-refractivity contribution is 7.98. The number of carbonyl (C=O) groups is 1. The van der Waals surface area contributed by atoms with E-state index in [1.807, 2.05) is 31.2 Å². The van der Waals surface area contributed by atoms with Gasteiger partial charge in [-0.3, -0.25) is 4.79 Å². The Morgan fingerprint density at radius 3 is 2.94 bits per heavy atom. The summed E-state index contributed by atoms with van der Waals surface area (Å²) < 4.78 is 5.04. The van der Waals surface area contributed by atoms with Gasteiger partial charge < -0.3 is 4.52 Å². The van der Waals surface area contributed by atoms with E-state index in [9.17, 15) is 4.79 Å². The molecule has 0 unspecified atom stereocenters. The molecule has 2 aromatic rings. The van der Waals surface area contributed by atoms with Crippen molar-refractivity contribution >= 4 is 17.5 Å². The summed E-state index contributed by atoms with van der Waals surface area (Å²) in [6, 6.07) is 7.55. The van der Waals surface area contributed by atoms with Crippen LogP contribution in [-0.4, -0.2) is 15.9 Å². The number of aryl methyl sites for hydroxylation is 1. The van der Waals surface area contributed by atoms with Crippen LogP contribution in [0.3, 0.4) is 0 Å². The molecular weight excluding hydrogens is 248 g/mol. The minimum atomic E-state index is 0.0743. The van der Waals surface area contributed by atoms with Crippen LogP contribution in [0.5, 0.6) is 0 Å². The summed E-state index contributed by atoms with van der Waals surface area (Å²) in [7, 11) is 0. The van der Waals surface area contributed by atoms with Gasteiger partial charge in [0.15, 0.2) is 11.6 Å². The number of Topliss-reactive ketones (excluding diaryl/α,β-unsaturated/α-hetero) is 1. The lowest BCUT2D eigenvalue weighted by atomic mass is 10.2. The second kappa shape index (κ2) is 5.82. The Balaban J connectivity index is 2.01. The molecule has 1 aromatic heterocycles. The van der Waals surface area contributed by atoms with Crippen LogP contribution in [-0.2, 0) is 12.2 Å². The predicted molar refractivity (Wildman–Crippen MR) is 69.7 cm³/mol. The predicted octanol–water partition coefficient (Wildman–Crippen LogP) is 3.13. The number of carbonyl (C=O) groups excluding carboxylic acids is 1. The van der Waals surface area contributed by atoms with Gasteiger partial charge in [0, 0.05) is 16.9 Å². The van der Waals surface area contributed by atoms with E-state index in [4.69, 9.17) is 4.52 Å². The Hall–Kier alpha value is -1.62. The van der Waals surface area contributed by atoms with Crippen LogP contribution in [0.15, 0.2) is 33.7 Å². The van der Waals surface area contributed by atoms with Crippen molar-refractivity contribution in [3.05, 3.63) is 41.5 Å². The third-order valence-electron chi connectivity index (χ3n) is 2.42. The van der Waals surface area contributed by atoms with Crippen LogP contribution in [0.4, 0.5) is 0 Å². The zero-order valence-electron chi connectivity index (χ0n) is 10.3. The van der Waals surface area contributed by atoms with Crippen molar-refractivity contribution in [1.82, 2.24) is 10.1 Å². The zero-order valence-corrected chi connectivity index (χ0v) is 11.2. The van der Waals surface area contributed by atoms with Gasteiger partial charge in [-0.05, 0) is 19.1 Å². The third-order valence-corrected chi connectivity index (χ3v) is 3.41. The lowest BCUT2D eigenvalue weighted by Gasteiger charge is -2.00. The first-order chi connectivity index (χ1) is 8.69. The summed E-state index contributed by atoms with van der Waals surface area (Å²) >= 11 is 1.59. The number of rotatable bonds is 5. The van der Waals surface area contributed by atoms with Crippen molar-refractivity contribution in [3.63, 3.8) is 0 Å². The second-order valence-corrected chi connectivity index (χ2v) is 4.88. The van der Waals surface area contributed by atoms with Gasteiger partial charge in [0.2, 0.25) is 5.89 Å². The second-order valence-electron chi connectivity index (χ2n) is 3.83. The molecule has 0 amide bonds. The molecule has 4 nitrogen and oxygen atoms in total. The summed E-state index contributed by atoms with van der Waals surface area (Å²) in [5, 5.41) is 3.89. The Kier molecular flexibility index (Phi) is 4.15. The van der Waals surface area contributed by atoms with Crippen LogP contribution in [0.2, 0.25) is 0 Å². The smallest absolute Gasteiger partial charge is 0.226 e. The van der Waals surface area contributed by atoms with E-state index in [2.05, 4.69) is 10.1 Å². The van der Waals surface area contributed by atoms with E-state index >= 15 is 0 Å². The molecule has 1 aromatic carbocycles. The molecule has 0 spiro atoms. The summed E-state index contributed by atoms with van der Waals surface area (Å²) in [5.41, 5.74) is 0.724. The largest absolute Gasteiger partial charge is 0.339 e. The normalized spacial score (nSPS) is 10.6. The molecule has 0 radical (unpaired) electrons. The van der Waals surface area contributed by atoms with E-state index in [1.165, 1.54) is 0 Å². The Bertz CT molecular complexity index is 551. The number of hydrogen-bond donors (Lipinski definition) is 0. The maximum absolute atomic E-state index is 11.3. The number of thioether (sulfide) groups is 1. The quantitative estimate of drug-likeness (QED) is 0.612. The molecule has 0 fully saturated rings. The fourth-order valence-electron chi connectivity index (χ4n) is 1.45. The van der Waals surface area contributed by atoms with Crippen LogP contribution in [0.1, 0.15) is 35.9 Å². The summed E-state index contributed by atoms with van der Waals surface area (Å²) in [6.07, 6.45) is 0.748. The monoisotopic (exact) mass is 262 g/mol. The maximum atomic E-state index is 11.3. The Morgan fingerprint density at radius 2 is 2.28 bits per heavy atom. The zero-order chi connectivity index (χ0) is 13.0. The van der Waals surface area contributed by atoms with Crippen molar-refractivity contribution < 1.29 is 9.32 Å². The lowest BCUT2D eigenvalue weighted by Crippen LogP contribution is -1.91. The van der Waals surface area contributed by atoms with Crippen molar-refractivity contribution in [2.45, 2.75) is 30.9 Å². The van der Waals surface area contributed by atoms with Crippen molar-refractivity contribution in [2.24, 2.45) is 0 Å². The van der Waals surface area contributed by atoms with E-state index in [-0.39, 0.29) is 5.78 Å².